The van der Waals surface area contributed by atoms with Gasteiger partial charge in [0.2, 0.25) is 0 Å². The van der Waals surface area contributed by atoms with Gasteiger partial charge in [0.25, 0.3) is 0 Å². The van der Waals surface area contributed by atoms with E-state index in [-0.39, 0.29) is 10.8 Å². The van der Waals surface area contributed by atoms with Crippen molar-refractivity contribution in [2.45, 2.75) is 38.5 Å². The van der Waals surface area contributed by atoms with Crippen LogP contribution in [0, 0.1) is 0 Å². The maximum atomic E-state index is 2.53. The van der Waals surface area contributed by atoms with Crippen molar-refractivity contribution in [3.63, 3.8) is 0 Å². The van der Waals surface area contributed by atoms with Crippen LogP contribution in [0.15, 0.2) is 218 Å². The molecular formula is C64H48N2. The molecule has 13 rings (SSSR count). The SMILES string of the molecule is CC1(C)c2ccccc2-c2ccc(N(c3ccc(-c4ccccc4)cc3)c3cc4c(c5ccccc35)c3c5c(ccc3n4-c3ccc(-c4ccccc4)cc3)C(C)(C)c3ccccc3-5)cc21. The Morgan fingerprint density at radius 1 is 0.348 bits per heavy atom. The Labute approximate surface area is 386 Å². The molecule has 0 saturated heterocycles. The van der Waals surface area contributed by atoms with Gasteiger partial charge < -0.3 is 9.47 Å². The van der Waals surface area contributed by atoms with Gasteiger partial charge in [0.05, 0.1) is 16.7 Å². The Morgan fingerprint density at radius 3 is 1.55 bits per heavy atom. The third kappa shape index (κ3) is 5.55. The van der Waals surface area contributed by atoms with Crippen LogP contribution in [0.5, 0.6) is 0 Å². The van der Waals surface area contributed by atoms with Crippen LogP contribution >= 0.6 is 0 Å². The molecule has 1 heterocycles. The first-order valence-electron chi connectivity index (χ1n) is 23.3. The highest BCUT2D eigenvalue weighted by Crippen LogP contribution is 2.56. The summed E-state index contributed by atoms with van der Waals surface area (Å²) in [5, 5.41) is 5.05. The molecule has 0 unspecified atom stereocenters. The summed E-state index contributed by atoms with van der Waals surface area (Å²) in [6.45, 7) is 9.53. The van der Waals surface area contributed by atoms with Crippen LogP contribution in [0.2, 0.25) is 0 Å². The van der Waals surface area contributed by atoms with Gasteiger partial charge in [-0.25, -0.2) is 0 Å². The fourth-order valence-electron chi connectivity index (χ4n) is 11.7. The zero-order valence-corrected chi connectivity index (χ0v) is 37.7. The van der Waals surface area contributed by atoms with Crippen molar-refractivity contribution in [2.75, 3.05) is 4.90 Å². The van der Waals surface area contributed by atoms with Crippen molar-refractivity contribution < 1.29 is 0 Å². The first-order valence-corrected chi connectivity index (χ1v) is 23.3. The van der Waals surface area contributed by atoms with Crippen molar-refractivity contribution in [3.8, 4) is 50.2 Å². The van der Waals surface area contributed by atoms with Crippen molar-refractivity contribution in [1.29, 1.82) is 0 Å². The molecule has 2 heteroatoms. The van der Waals surface area contributed by atoms with E-state index in [9.17, 15) is 0 Å². The molecule has 2 aliphatic rings. The van der Waals surface area contributed by atoms with Crippen LogP contribution in [0.1, 0.15) is 49.9 Å². The zero-order valence-electron chi connectivity index (χ0n) is 37.7. The lowest BCUT2D eigenvalue weighted by Gasteiger charge is -2.29. The average molecular weight is 845 g/mol. The molecule has 2 aliphatic carbocycles. The van der Waals surface area contributed by atoms with E-state index >= 15 is 0 Å². The van der Waals surface area contributed by atoms with Gasteiger partial charge >= 0.3 is 0 Å². The van der Waals surface area contributed by atoms with Crippen LogP contribution in [-0.4, -0.2) is 4.57 Å². The molecule has 1 aromatic heterocycles. The largest absolute Gasteiger partial charge is 0.310 e. The first kappa shape index (κ1) is 38.5. The number of benzene rings is 10. The molecule has 0 amide bonds. The van der Waals surface area contributed by atoms with E-state index in [1.165, 1.54) is 99.3 Å². The predicted octanol–water partition coefficient (Wildman–Crippen LogP) is 17.4. The molecule has 0 fully saturated rings. The van der Waals surface area contributed by atoms with Gasteiger partial charge in [0.1, 0.15) is 0 Å². The second kappa shape index (κ2) is 14.3. The normalized spacial score (nSPS) is 14.0. The minimum absolute atomic E-state index is 0.134. The highest BCUT2D eigenvalue weighted by Gasteiger charge is 2.39. The number of hydrogen-bond acceptors (Lipinski definition) is 1. The van der Waals surface area contributed by atoms with Crippen molar-refractivity contribution in [1.82, 2.24) is 4.57 Å². The Balaban J connectivity index is 1.12. The summed E-state index contributed by atoms with van der Waals surface area (Å²) >= 11 is 0. The Kier molecular flexibility index (Phi) is 8.33. The molecule has 0 radical (unpaired) electrons. The Morgan fingerprint density at radius 2 is 0.864 bits per heavy atom. The van der Waals surface area contributed by atoms with Gasteiger partial charge in [-0.15, -0.1) is 0 Å². The highest BCUT2D eigenvalue weighted by molar-refractivity contribution is 6.28. The number of nitrogens with zero attached hydrogens (tertiary/aromatic N) is 2. The minimum Gasteiger partial charge on any atom is -0.310 e. The highest BCUT2D eigenvalue weighted by atomic mass is 15.1. The second-order valence-electron chi connectivity index (χ2n) is 19.3. The Bertz CT molecular complexity index is 3720. The van der Waals surface area contributed by atoms with Gasteiger partial charge in [-0.05, 0) is 121 Å². The Hall–Kier alpha value is -7.94. The fraction of sp³-hybridized carbons (Fsp3) is 0.0938. The van der Waals surface area contributed by atoms with E-state index in [2.05, 4.69) is 256 Å². The van der Waals surface area contributed by atoms with E-state index in [1.54, 1.807) is 0 Å². The third-order valence-electron chi connectivity index (χ3n) is 15.0. The molecule has 0 aliphatic heterocycles. The summed E-state index contributed by atoms with van der Waals surface area (Å²) in [7, 11) is 0. The number of anilines is 3. The standard InChI is InChI=1S/C64H48N2/c1-63(2)54-26-16-14-24-52(54)60-55(63)37-38-57-62(60)61-51-23-12-11-22-50(51)58(40-59(61)66(57)46-33-29-44(30-34-46)42-19-9-6-10-20-42)65(45-31-27-43(28-32-45)41-17-7-5-8-18-41)47-35-36-49-48-21-13-15-25-53(48)64(3,4)56(49)39-47/h5-40H,1-4H3. The molecule has 2 nitrogen and oxygen atoms in total. The van der Waals surface area contributed by atoms with Gasteiger partial charge in [-0.1, -0.05) is 198 Å². The molecule has 0 saturated carbocycles. The smallest absolute Gasteiger partial charge is 0.0568 e. The van der Waals surface area contributed by atoms with E-state index in [0.29, 0.717) is 0 Å². The molecule has 0 N–H and O–H groups in total. The van der Waals surface area contributed by atoms with Gasteiger partial charge in [-0.2, -0.15) is 0 Å². The summed E-state index contributed by atoms with van der Waals surface area (Å²) in [5.74, 6) is 0. The van der Waals surface area contributed by atoms with Crippen molar-refractivity contribution in [2.24, 2.45) is 0 Å². The molecule has 10 aromatic carbocycles. The van der Waals surface area contributed by atoms with Crippen molar-refractivity contribution in [3.05, 3.63) is 241 Å². The molecule has 314 valence electrons. The predicted molar refractivity (Wildman–Crippen MR) is 279 cm³/mol. The molecule has 66 heavy (non-hydrogen) atoms. The maximum absolute atomic E-state index is 2.53. The zero-order chi connectivity index (χ0) is 44.3. The topological polar surface area (TPSA) is 8.17 Å². The van der Waals surface area contributed by atoms with Crippen molar-refractivity contribution >= 4 is 49.6 Å². The van der Waals surface area contributed by atoms with Crippen LogP contribution in [0.3, 0.4) is 0 Å². The van der Waals surface area contributed by atoms with Gasteiger partial charge in [-0.3, -0.25) is 0 Å². The number of rotatable bonds is 6. The summed E-state index contributed by atoms with van der Waals surface area (Å²) in [6.07, 6.45) is 0. The van der Waals surface area contributed by atoms with Gasteiger partial charge in [0.15, 0.2) is 0 Å². The van der Waals surface area contributed by atoms with E-state index in [0.717, 1.165) is 22.7 Å². The summed E-state index contributed by atoms with van der Waals surface area (Å²) in [6, 6.07) is 81.3. The molecule has 0 atom stereocenters. The van der Waals surface area contributed by atoms with Crippen LogP contribution < -0.4 is 4.90 Å². The lowest BCUT2D eigenvalue weighted by Crippen LogP contribution is -2.16. The molecule has 11 aromatic rings. The summed E-state index contributed by atoms with van der Waals surface area (Å²) < 4.78 is 2.53. The monoisotopic (exact) mass is 844 g/mol. The third-order valence-corrected chi connectivity index (χ3v) is 15.0. The first-order chi connectivity index (χ1) is 32.3. The van der Waals surface area contributed by atoms with E-state index in [4.69, 9.17) is 0 Å². The average Bonchev–Trinajstić information content (AvgIpc) is 3.91. The quantitative estimate of drug-likeness (QED) is 0.162. The van der Waals surface area contributed by atoms with E-state index < -0.39 is 0 Å². The van der Waals surface area contributed by atoms with Crippen LogP contribution in [0.25, 0.3) is 82.8 Å². The lowest BCUT2D eigenvalue weighted by atomic mass is 9.82. The number of hydrogen-bond donors (Lipinski definition) is 0. The second-order valence-corrected chi connectivity index (χ2v) is 19.3. The summed E-state index contributed by atoms with van der Waals surface area (Å²) in [4.78, 5) is 2.51. The number of fused-ring (bicyclic) bond motifs is 12. The summed E-state index contributed by atoms with van der Waals surface area (Å²) in [5.41, 5.74) is 22.3. The lowest BCUT2D eigenvalue weighted by molar-refractivity contribution is 0.660. The van der Waals surface area contributed by atoms with E-state index in [1.807, 2.05) is 0 Å². The van der Waals surface area contributed by atoms with Gasteiger partial charge in [0, 0.05) is 44.1 Å². The molecule has 0 bridgehead atoms. The maximum Gasteiger partial charge on any atom is 0.0568 e. The molecular weight excluding hydrogens is 797 g/mol. The van der Waals surface area contributed by atoms with Crippen LogP contribution in [0.4, 0.5) is 17.1 Å². The fourth-order valence-corrected chi connectivity index (χ4v) is 11.7. The number of aromatic nitrogens is 1. The minimum atomic E-state index is -0.153. The van der Waals surface area contributed by atoms with Crippen LogP contribution in [-0.2, 0) is 10.8 Å². The molecule has 0 spiro atoms.